The number of nitrogens with zero attached hydrogens (tertiary/aromatic N) is 1. The number of rotatable bonds is 2. The van der Waals surface area contributed by atoms with E-state index in [-0.39, 0.29) is 0 Å². The number of hydrogen-bond acceptors (Lipinski definition) is 1. The monoisotopic (exact) mass is 175 g/mol. The first-order valence-electron chi connectivity index (χ1n) is 3.93. The van der Waals surface area contributed by atoms with Crippen LogP contribution in [0.15, 0.2) is 0 Å². The molecule has 1 fully saturated rings. The molecule has 3 heteroatoms. The van der Waals surface area contributed by atoms with Crippen molar-refractivity contribution in [3.05, 3.63) is 0 Å². The maximum atomic E-state index is 11.2. The Hall–Kier alpha value is -0.180. The van der Waals surface area contributed by atoms with Crippen molar-refractivity contribution in [1.29, 1.82) is 0 Å². The van der Waals surface area contributed by atoms with Gasteiger partial charge in [-0.3, -0.25) is 4.79 Å². The lowest BCUT2D eigenvalue weighted by Crippen LogP contribution is -2.28. The van der Waals surface area contributed by atoms with Crippen LogP contribution in [0.2, 0.25) is 0 Å². The van der Waals surface area contributed by atoms with Gasteiger partial charge in [0.1, 0.15) is 0 Å². The number of carbonyl (C=O) groups excluding carboxylic acids is 1. The van der Waals surface area contributed by atoms with Crippen molar-refractivity contribution in [3.8, 4) is 0 Å². The second-order valence-corrected chi connectivity index (χ2v) is 8.42. The van der Waals surface area contributed by atoms with Gasteiger partial charge in [0, 0.05) is 13.0 Å². The summed E-state index contributed by atoms with van der Waals surface area (Å²) in [5, 5.41) is 0. The van der Waals surface area contributed by atoms with Gasteiger partial charge < -0.3 is 4.90 Å². The standard InChI is InChI=1S/C8H17NOS/c1-11(2,3)7-9-6-4-5-8(9)10/h4-7H2,1-3H3. The normalized spacial score (nSPS) is 21.0. The van der Waals surface area contributed by atoms with Gasteiger partial charge in [-0.2, -0.15) is 0 Å². The molecule has 0 radical (unpaired) electrons. The van der Waals surface area contributed by atoms with Crippen LogP contribution in [0, 0.1) is 0 Å². The Morgan fingerprint density at radius 1 is 1.45 bits per heavy atom. The zero-order valence-corrected chi connectivity index (χ0v) is 8.41. The molecule has 0 bridgehead atoms. The van der Waals surface area contributed by atoms with E-state index in [0.717, 1.165) is 25.3 Å². The van der Waals surface area contributed by atoms with Crippen molar-refractivity contribution in [2.45, 2.75) is 12.8 Å². The highest BCUT2D eigenvalue weighted by Gasteiger charge is 2.22. The average molecular weight is 175 g/mol. The summed E-state index contributed by atoms with van der Waals surface area (Å²) >= 11 is 0. The molecule has 0 atom stereocenters. The molecule has 0 aliphatic carbocycles. The maximum Gasteiger partial charge on any atom is 0.223 e. The molecule has 1 saturated heterocycles. The fraction of sp³-hybridized carbons (Fsp3) is 0.875. The van der Waals surface area contributed by atoms with E-state index < -0.39 is 10.0 Å². The van der Waals surface area contributed by atoms with Crippen molar-refractivity contribution in [3.63, 3.8) is 0 Å². The Morgan fingerprint density at radius 3 is 2.45 bits per heavy atom. The summed E-state index contributed by atoms with van der Waals surface area (Å²) in [4.78, 5) is 13.2. The Morgan fingerprint density at radius 2 is 2.09 bits per heavy atom. The van der Waals surface area contributed by atoms with E-state index >= 15 is 0 Å². The van der Waals surface area contributed by atoms with Gasteiger partial charge in [0.05, 0.1) is 5.88 Å². The average Bonchev–Trinajstić information content (AvgIpc) is 2.12. The van der Waals surface area contributed by atoms with E-state index in [4.69, 9.17) is 0 Å². The first-order valence-corrected chi connectivity index (χ1v) is 6.95. The number of hydrogen-bond donors (Lipinski definition) is 0. The summed E-state index contributed by atoms with van der Waals surface area (Å²) in [6, 6.07) is 0. The molecule has 0 spiro atoms. The summed E-state index contributed by atoms with van der Waals surface area (Å²) in [5.41, 5.74) is 0. The van der Waals surface area contributed by atoms with Crippen molar-refractivity contribution < 1.29 is 4.79 Å². The zero-order valence-electron chi connectivity index (χ0n) is 7.59. The van der Waals surface area contributed by atoms with Gasteiger partial charge in [-0.1, -0.05) is 0 Å². The lowest BCUT2D eigenvalue weighted by atomic mass is 10.4. The molecule has 66 valence electrons. The molecule has 1 aliphatic heterocycles. The Bertz CT molecular complexity index is 162. The van der Waals surface area contributed by atoms with Gasteiger partial charge in [-0.15, -0.1) is 0 Å². The molecule has 1 rings (SSSR count). The van der Waals surface area contributed by atoms with Crippen molar-refractivity contribution in [1.82, 2.24) is 4.90 Å². The molecule has 0 N–H and O–H groups in total. The SMILES string of the molecule is CS(C)(C)CN1CCCC1=O. The highest BCUT2D eigenvalue weighted by atomic mass is 32.3. The van der Waals surface area contributed by atoms with Crippen LogP contribution in [0.25, 0.3) is 0 Å². The van der Waals surface area contributed by atoms with Crippen molar-refractivity contribution >= 4 is 15.9 Å². The summed E-state index contributed by atoms with van der Waals surface area (Å²) < 4.78 is 0. The second-order valence-electron chi connectivity index (χ2n) is 3.98. The number of likely N-dealkylation sites (tertiary alicyclic amines) is 1. The minimum Gasteiger partial charge on any atom is -0.335 e. The smallest absolute Gasteiger partial charge is 0.223 e. The van der Waals surface area contributed by atoms with Gasteiger partial charge in [-0.05, 0) is 25.2 Å². The number of carbonyl (C=O) groups is 1. The lowest BCUT2D eigenvalue weighted by Gasteiger charge is -2.30. The fourth-order valence-corrected chi connectivity index (χ4v) is 2.52. The predicted octanol–water partition coefficient (Wildman–Crippen LogP) is 1.26. The van der Waals surface area contributed by atoms with E-state index in [1.807, 2.05) is 4.90 Å². The highest BCUT2D eigenvalue weighted by molar-refractivity contribution is 8.32. The highest BCUT2D eigenvalue weighted by Crippen LogP contribution is 2.36. The molecule has 1 heterocycles. The van der Waals surface area contributed by atoms with Crippen LogP contribution < -0.4 is 0 Å². The van der Waals surface area contributed by atoms with Crippen LogP contribution in [-0.2, 0) is 4.79 Å². The predicted molar refractivity (Wildman–Crippen MR) is 51.2 cm³/mol. The third-order valence-electron chi connectivity index (χ3n) is 1.71. The van der Waals surface area contributed by atoms with Crippen LogP contribution in [0.1, 0.15) is 12.8 Å². The molecule has 0 saturated carbocycles. The molecule has 1 amide bonds. The molecule has 11 heavy (non-hydrogen) atoms. The minimum absolute atomic E-state index is 0.354. The van der Waals surface area contributed by atoms with E-state index in [1.54, 1.807) is 0 Å². The summed E-state index contributed by atoms with van der Waals surface area (Å²) in [6.07, 6.45) is 8.58. The maximum absolute atomic E-state index is 11.2. The van der Waals surface area contributed by atoms with Crippen LogP contribution in [0.4, 0.5) is 0 Å². The molecular formula is C8H17NOS. The largest absolute Gasteiger partial charge is 0.335 e. The molecule has 1 aliphatic rings. The molecule has 0 aromatic carbocycles. The van der Waals surface area contributed by atoms with Crippen LogP contribution in [-0.4, -0.2) is 42.0 Å². The molecule has 0 aromatic rings. The Kier molecular flexibility index (Phi) is 2.47. The third kappa shape index (κ3) is 2.73. The van der Waals surface area contributed by atoms with Gasteiger partial charge >= 0.3 is 0 Å². The quantitative estimate of drug-likeness (QED) is 0.619. The second kappa shape index (κ2) is 3.05. The van der Waals surface area contributed by atoms with Crippen LogP contribution >= 0.6 is 10.0 Å². The molecular weight excluding hydrogens is 158 g/mol. The zero-order chi connectivity index (χ0) is 8.48. The Labute approximate surface area is 70.3 Å². The Balaban J connectivity index is 2.43. The van der Waals surface area contributed by atoms with Crippen molar-refractivity contribution in [2.75, 3.05) is 31.2 Å². The topological polar surface area (TPSA) is 20.3 Å². The van der Waals surface area contributed by atoms with E-state index in [2.05, 4.69) is 18.8 Å². The van der Waals surface area contributed by atoms with Crippen LogP contribution in [0.3, 0.4) is 0 Å². The van der Waals surface area contributed by atoms with E-state index in [0.29, 0.717) is 5.91 Å². The summed E-state index contributed by atoms with van der Waals surface area (Å²) in [6.45, 7) is 0.989. The van der Waals surface area contributed by atoms with Gasteiger partial charge in [0.25, 0.3) is 0 Å². The lowest BCUT2D eigenvalue weighted by molar-refractivity contribution is -0.126. The minimum atomic E-state index is -0.535. The first kappa shape index (κ1) is 8.91. The van der Waals surface area contributed by atoms with Crippen molar-refractivity contribution in [2.24, 2.45) is 0 Å². The van der Waals surface area contributed by atoms with E-state index in [1.165, 1.54) is 0 Å². The summed E-state index contributed by atoms with van der Waals surface area (Å²) in [7, 11) is -0.535. The molecule has 0 aromatic heterocycles. The van der Waals surface area contributed by atoms with E-state index in [9.17, 15) is 4.79 Å². The van der Waals surface area contributed by atoms with Gasteiger partial charge in [-0.25, -0.2) is 10.0 Å². The number of amides is 1. The molecule has 0 unspecified atom stereocenters. The molecule has 2 nitrogen and oxygen atoms in total. The third-order valence-corrected chi connectivity index (χ3v) is 2.80. The van der Waals surface area contributed by atoms with Gasteiger partial charge in [0.2, 0.25) is 5.91 Å². The fourth-order valence-electron chi connectivity index (χ4n) is 1.31. The summed E-state index contributed by atoms with van der Waals surface area (Å²) in [5.74, 6) is 1.35. The van der Waals surface area contributed by atoms with Crippen LogP contribution in [0.5, 0.6) is 0 Å². The first-order chi connectivity index (χ1) is 4.99. The van der Waals surface area contributed by atoms with Gasteiger partial charge in [0.15, 0.2) is 0 Å².